The van der Waals surface area contributed by atoms with Gasteiger partial charge in [0.25, 0.3) is 0 Å². The second-order valence-electron chi connectivity index (χ2n) is 8.57. The lowest BCUT2D eigenvalue weighted by Gasteiger charge is -2.29. The molecule has 2 nitrogen and oxygen atoms in total. The van der Waals surface area contributed by atoms with Crippen molar-refractivity contribution < 1.29 is 5.11 Å². The third-order valence-corrected chi connectivity index (χ3v) is 4.30. The normalized spacial score (nSPS) is 14.2. The topological polar surface area (TPSA) is 46.2 Å². The van der Waals surface area contributed by atoms with Gasteiger partial charge in [0.2, 0.25) is 0 Å². The molecule has 0 bridgehead atoms. The van der Waals surface area contributed by atoms with E-state index in [2.05, 4.69) is 60.6 Å². The Morgan fingerprint density at radius 2 is 1.41 bits per heavy atom. The second-order valence-corrected chi connectivity index (χ2v) is 8.57. The van der Waals surface area contributed by atoms with E-state index in [1.54, 1.807) is 0 Å². The van der Waals surface area contributed by atoms with Crippen molar-refractivity contribution >= 4 is 0 Å². The molecule has 1 aromatic rings. The predicted molar refractivity (Wildman–Crippen MR) is 96.6 cm³/mol. The van der Waals surface area contributed by atoms with Crippen LogP contribution in [-0.2, 0) is 10.8 Å². The standard InChI is InChI=1S/C20H35NO/c1-8-9-10-11-17(21)14-12-15(19(2,3)4)18(22)16(13-14)20(5,6)7/h12-13,17,22H,8-11,21H2,1-7H3/t17-/m1/s1. The summed E-state index contributed by atoms with van der Waals surface area (Å²) in [6.45, 7) is 15.0. The predicted octanol–water partition coefficient (Wildman–Crippen LogP) is 5.57. The molecule has 1 rings (SSSR count). The SMILES string of the molecule is CCCCC[C@@H](N)c1cc(C(C)(C)C)c(O)c(C(C)(C)C)c1. The van der Waals surface area contributed by atoms with E-state index < -0.39 is 0 Å². The Kier molecular flexibility index (Phi) is 6.09. The first-order valence-electron chi connectivity index (χ1n) is 8.62. The van der Waals surface area contributed by atoms with Crippen LogP contribution in [0.1, 0.15) is 96.9 Å². The molecule has 0 heterocycles. The first kappa shape index (κ1) is 19.0. The van der Waals surface area contributed by atoms with E-state index in [0.29, 0.717) is 5.75 Å². The Morgan fingerprint density at radius 3 is 1.77 bits per heavy atom. The van der Waals surface area contributed by atoms with Crippen molar-refractivity contribution in [1.82, 2.24) is 0 Å². The highest BCUT2D eigenvalue weighted by Crippen LogP contribution is 2.41. The van der Waals surface area contributed by atoms with Gasteiger partial charge in [0.15, 0.2) is 0 Å². The summed E-state index contributed by atoms with van der Waals surface area (Å²) in [5, 5.41) is 10.7. The first-order valence-corrected chi connectivity index (χ1v) is 8.62. The summed E-state index contributed by atoms with van der Waals surface area (Å²) in [5.41, 5.74) is 9.40. The molecule has 22 heavy (non-hydrogen) atoms. The highest BCUT2D eigenvalue weighted by Gasteiger charge is 2.27. The van der Waals surface area contributed by atoms with E-state index in [0.717, 1.165) is 29.5 Å². The fraction of sp³-hybridized carbons (Fsp3) is 0.700. The average Bonchev–Trinajstić information content (AvgIpc) is 2.36. The molecule has 1 aromatic carbocycles. The summed E-state index contributed by atoms with van der Waals surface area (Å²) in [5.74, 6) is 0.435. The highest BCUT2D eigenvalue weighted by atomic mass is 16.3. The number of hydrogen-bond donors (Lipinski definition) is 2. The van der Waals surface area contributed by atoms with Crippen LogP contribution in [0.2, 0.25) is 0 Å². The Hall–Kier alpha value is -1.02. The zero-order valence-corrected chi connectivity index (χ0v) is 15.6. The number of nitrogens with two attached hydrogens (primary N) is 1. The summed E-state index contributed by atoms with van der Waals surface area (Å²) < 4.78 is 0. The van der Waals surface area contributed by atoms with Crippen LogP contribution < -0.4 is 5.73 Å². The second kappa shape index (κ2) is 7.04. The van der Waals surface area contributed by atoms with Crippen LogP contribution >= 0.6 is 0 Å². The molecule has 0 aromatic heterocycles. The molecule has 0 amide bonds. The smallest absolute Gasteiger partial charge is 0.123 e. The van der Waals surface area contributed by atoms with Crippen molar-refractivity contribution in [3.63, 3.8) is 0 Å². The molecule has 0 saturated heterocycles. The Labute approximate surface area is 137 Å². The van der Waals surface area contributed by atoms with Gasteiger partial charge in [0, 0.05) is 6.04 Å². The molecule has 0 radical (unpaired) electrons. The monoisotopic (exact) mass is 305 g/mol. The summed E-state index contributed by atoms with van der Waals surface area (Å²) in [7, 11) is 0. The molecule has 1 atom stereocenters. The zero-order valence-electron chi connectivity index (χ0n) is 15.6. The van der Waals surface area contributed by atoms with Crippen molar-refractivity contribution in [2.75, 3.05) is 0 Å². The maximum absolute atomic E-state index is 10.7. The molecule has 0 fully saturated rings. The third-order valence-electron chi connectivity index (χ3n) is 4.30. The van der Waals surface area contributed by atoms with Gasteiger partial charge in [-0.05, 0) is 33.9 Å². The van der Waals surface area contributed by atoms with Crippen molar-refractivity contribution in [1.29, 1.82) is 0 Å². The van der Waals surface area contributed by atoms with Gasteiger partial charge >= 0.3 is 0 Å². The molecule has 0 spiro atoms. The van der Waals surface area contributed by atoms with Gasteiger partial charge in [-0.1, -0.05) is 79.9 Å². The number of phenolic OH excluding ortho intramolecular Hbond substituents is 1. The summed E-state index contributed by atoms with van der Waals surface area (Å²) >= 11 is 0. The molecular weight excluding hydrogens is 270 g/mol. The van der Waals surface area contributed by atoms with Gasteiger partial charge in [0.1, 0.15) is 5.75 Å². The van der Waals surface area contributed by atoms with E-state index in [4.69, 9.17) is 5.73 Å². The number of rotatable bonds is 5. The van der Waals surface area contributed by atoms with Crippen molar-refractivity contribution in [2.45, 2.75) is 91.0 Å². The number of benzene rings is 1. The summed E-state index contributed by atoms with van der Waals surface area (Å²) in [6.07, 6.45) is 4.60. The van der Waals surface area contributed by atoms with Crippen LogP contribution in [-0.4, -0.2) is 5.11 Å². The largest absolute Gasteiger partial charge is 0.507 e. The van der Waals surface area contributed by atoms with Crippen molar-refractivity contribution in [2.24, 2.45) is 5.73 Å². The van der Waals surface area contributed by atoms with E-state index in [1.807, 2.05) is 0 Å². The molecule has 2 heteroatoms. The van der Waals surface area contributed by atoms with Gasteiger partial charge in [-0.15, -0.1) is 0 Å². The maximum Gasteiger partial charge on any atom is 0.123 e. The fourth-order valence-corrected chi connectivity index (χ4v) is 2.80. The van der Waals surface area contributed by atoms with Crippen LogP contribution in [0.4, 0.5) is 0 Å². The molecule has 126 valence electrons. The zero-order chi connectivity index (χ0) is 17.1. The summed E-state index contributed by atoms with van der Waals surface area (Å²) in [6, 6.07) is 4.27. The van der Waals surface area contributed by atoms with Crippen LogP contribution in [0.25, 0.3) is 0 Å². The van der Waals surface area contributed by atoms with Gasteiger partial charge < -0.3 is 10.8 Å². The minimum Gasteiger partial charge on any atom is -0.507 e. The average molecular weight is 306 g/mol. The lowest BCUT2D eigenvalue weighted by molar-refractivity contribution is 0.421. The van der Waals surface area contributed by atoms with E-state index in [1.165, 1.54) is 12.8 Å². The Morgan fingerprint density at radius 1 is 0.955 bits per heavy atom. The highest BCUT2D eigenvalue weighted by molar-refractivity contribution is 5.50. The number of aromatic hydroxyl groups is 1. The van der Waals surface area contributed by atoms with Gasteiger partial charge in [-0.2, -0.15) is 0 Å². The lowest BCUT2D eigenvalue weighted by atomic mass is 9.77. The Balaban J connectivity index is 3.29. The van der Waals surface area contributed by atoms with E-state index in [-0.39, 0.29) is 16.9 Å². The maximum atomic E-state index is 10.7. The Bertz CT molecular complexity index is 456. The van der Waals surface area contributed by atoms with Gasteiger partial charge in [-0.25, -0.2) is 0 Å². The fourth-order valence-electron chi connectivity index (χ4n) is 2.80. The lowest BCUT2D eigenvalue weighted by Crippen LogP contribution is -2.20. The molecule has 0 unspecified atom stereocenters. The van der Waals surface area contributed by atoms with E-state index in [9.17, 15) is 5.11 Å². The first-order chi connectivity index (χ1) is 9.98. The van der Waals surface area contributed by atoms with Gasteiger partial charge in [0.05, 0.1) is 0 Å². The number of phenols is 1. The molecule has 0 aliphatic heterocycles. The van der Waals surface area contributed by atoms with Crippen LogP contribution in [0.3, 0.4) is 0 Å². The van der Waals surface area contributed by atoms with E-state index >= 15 is 0 Å². The van der Waals surface area contributed by atoms with Crippen molar-refractivity contribution in [3.05, 3.63) is 28.8 Å². The molecular formula is C20H35NO. The molecule has 0 aliphatic rings. The molecule has 0 aliphatic carbocycles. The van der Waals surface area contributed by atoms with Crippen molar-refractivity contribution in [3.8, 4) is 5.75 Å². The minimum atomic E-state index is -0.0940. The number of hydrogen-bond acceptors (Lipinski definition) is 2. The van der Waals surface area contributed by atoms with Gasteiger partial charge in [-0.3, -0.25) is 0 Å². The minimum absolute atomic E-state index is 0.0503. The molecule has 0 saturated carbocycles. The van der Waals surface area contributed by atoms with Crippen LogP contribution in [0.5, 0.6) is 5.75 Å². The quantitative estimate of drug-likeness (QED) is 0.699. The summed E-state index contributed by atoms with van der Waals surface area (Å²) in [4.78, 5) is 0. The molecule has 3 N–H and O–H groups in total. The number of unbranched alkanes of at least 4 members (excludes halogenated alkanes) is 2. The van der Waals surface area contributed by atoms with Crippen LogP contribution in [0.15, 0.2) is 12.1 Å². The third kappa shape index (κ3) is 4.74. The van der Waals surface area contributed by atoms with Crippen LogP contribution in [0, 0.1) is 0 Å².